The zero-order valence-electron chi connectivity index (χ0n) is 15.3. The number of hydrogen-bond donors (Lipinski definition) is 0. The van der Waals surface area contributed by atoms with E-state index in [1.165, 1.54) is 28.3 Å². The van der Waals surface area contributed by atoms with Crippen LogP contribution in [0, 0.1) is 20.8 Å². The van der Waals surface area contributed by atoms with Crippen LogP contribution >= 0.6 is 11.8 Å². The zero-order chi connectivity index (χ0) is 18.3. The first kappa shape index (κ1) is 17.3. The molecule has 1 saturated heterocycles. The van der Waals surface area contributed by atoms with Crippen LogP contribution in [0.2, 0.25) is 0 Å². The van der Waals surface area contributed by atoms with Gasteiger partial charge in [-0.1, -0.05) is 23.4 Å². The number of ether oxygens (including phenoxy) is 1. The fourth-order valence-corrected chi connectivity index (χ4v) is 4.40. The predicted octanol–water partition coefficient (Wildman–Crippen LogP) is 2.76. The van der Waals surface area contributed by atoms with Crippen molar-refractivity contribution in [3.8, 4) is 0 Å². The van der Waals surface area contributed by atoms with Crippen molar-refractivity contribution in [2.75, 3.05) is 32.1 Å². The summed E-state index contributed by atoms with van der Waals surface area (Å²) in [6, 6.07) is 6.51. The van der Waals surface area contributed by atoms with Crippen LogP contribution in [-0.2, 0) is 9.53 Å². The van der Waals surface area contributed by atoms with E-state index in [1.807, 2.05) is 4.90 Å². The summed E-state index contributed by atoms with van der Waals surface area (Å²) in [7, 11) is 0. The molecule has 1 amide bonds. The summed E-state index contributed by atoms with van der Waals surface area (Å²) >= 11 is 1.45. The van der Waals surface area contributed by atoms with Crippen molar-refractivity contribution in [3.05, 3.63) is 34.9 Å². The van der Waals surface area contributed by atoms with Gasteiger partial charge in [0.25, 0.3) is 0 Å². The van der Waals surface area contributed by atoms with Gasteiger partial charge in [-0.3, -0.25) is 9.20 Å². The van der Waals surface area contributed by atoms with Gasteiger partial charge in [-0.15, -0.1) is 10.2 Å². The summed E-state index contributed by atoms with van der Waals surface area (Å²) in [6.45, 7) is 8.83. The normalized spacial score (nSPS) is 15.1. The number of carbonyl (C=O) groups is 1. The lowest BCUT2D eigenvalue weighted by Crippen LogP contribution is -2.41. The van der Waals surface area contributed by atoms with Gasteiger partial charge >= 0.3 is 0 Å². The number of hydrogen-bond acceptors (Lipinski definition) is 5. The van der Waals surface area contributed by atoms with E-state index >= 15 is 0 Å². The first-order valence-corrected chi connectivity index (χ1v) is 9.77. The molecule has 4 rings (SSSR count). The number of benzene rings is 1. The molecule has 3 heterocycles. The second kappa shape index (κ2) is 6.89. The molecule has 6 nitrogen and oxygen atoms in total. The van der Waals surface area contributed by atoms with Crippen LogP contribution in [0.15, 0.2) is 23.4 Å². The molecule has 1 aromatic carbocycles. The average molecular weight is 370 g/mol. The van der Waals surface area contributed by atoms with E-state index in [2.05, 4.69) is 53.6 Å². The Kier molecular flexibility index (Phi) is 4.58. The molecule has 1 aliphatic rings. The molecule has 0 spiro atoms. The molecule has 0 radical (unpaired) electrons. The molecule has 136 valence electrons. The molecule has 0 aliphatic carbocycles. The number of pyridine rings is 1. The minimum Gasteiger partial charge on any atom is -0.378 e. The van der Waals surface area contributed by atoms with Gasteiger partial charge in [0.05, 0.1) is 24.5 Å². The number of nitrogens with zero attached hydrogens (tertiary/aromatic N) is 4. The fourth-order valence-electron chi connectivity index (χ4n) is 3.56. The van der Waals surface area contributed by atoms with Gasteiger partial charge in [-0.05, 0) is 49.4 Å². The van der Waals surface area contributed by atoms with Crippen LogP contribution in [0.5, 0.6) is 0 Å². The molecule has 26 heavy (non-hydrogen) atoms. The lowest BCUT2D eigenvalue weighted by molar-refractivity contribution is -0.132. The molecule has 0 atom stereocenters. The van der Waals surface area contributed by atoms with Crippen molar-refractivity contribution >= 4 is 34.2 Å². The highest BCUT2D eigenvalue weighted by atomic mass is 32.2. The van der Waals surface area contributed by atoms with Crippen molar-refractivity contribution in [3.63, 3.8) is 0 Å². The summed E-state index contributed by atoms with van der Waals surface area (Å²) in [5.41, 5.74) is 5.47. The summed E-state index contributed by atoms with van der Waals surface area (Å²) in [5.74, 6) is 0.487. The van der Waals surface area contributed by atoms with E-state index in [1.54, 1.807) is 0 Å². The van der Waals surface area contributed by atoms with Crippen molar-refractivity contribution in [2.45, 2.75) is 25.9 Å². The first-order valence-electron chi connectivity index (χ1n) is 8.78. The van der Waals surface area contributed by atoms with E-state index < -0.39 is 0 Å². The van der Waals surface area contributed by atoms with Crippen molar-refractivity contribution < 1.29 is 9.53 Å². The lowest BCUT2D eigenvalue weighted by Gasteiger charge is -2.26. The molecule has 7 heteroatoms. The maximum absolute atomic E-state index is 12.5. The molecule has 1 aliphatic heterocycles. The number of fused-ring (bicyclic) bond motifs is 3. The Balaban J connectivity index is 1.70. The maximum Gasteiger partial charge on any atom is 0.233 e. The molecule has 2 aromatic heterocycles. The second-order valence-electron chi connectivity index (χ2n) is 6.77. The molecular weight excluding hydrogens is 348 g/mol. The van der Waals surface area contributed by atoms with Crippen LogP contribution < -0.4 is 0 Å². The summed E-state index contributed by atoms with van der Waals surface area (Å²) < 4.78 is 7.41. The predicted molar refractivity (Wildman–Crippen MR) is 103 cm³/mol. The smallest absolute Gasteiger partial charge is 0.233 e. The highest BCUT2D eigenvalue weighted by Crippen LogP contribution is 2.28. The third kappa shape index (κ3) is 3.05. The van der Waals surface area contributed by atoms with Crippen molar-refractivity contribution in [1.82, 2.24) is 19.5 Å². The topological polar surface area (TPSA) is 59.7 Å². The first-order chi connectivity index (χ1) is 12.5. The van der Waals surface area contributed by atoms with Crippen LogP contribution in [0.25, 0.3) is 16.6 Å². The molecule has 0 saturated carbocycles. The van der Waals surface area contributed by atoms with Gasteiger partial charge < -0.3 is 9.64 Å². The number of carbonyl (C=O) groups excluding carboxylic acids is 1. The van der Waals surface area contributed by atoms with Gasteiger partial charge in [0.2, 0.25) is 5.91 Å². The van der Waals surface area contributed by atoms with E-state index in [-0.39, 0.29) is 5.91 Å². The number of morpholine rings is 1. The van der Waals surface area contributed by atoms with Gasteiger partial charge in [0, 0.05) is 13.1 Å². The molecule has 0 unspecified atom stereocenters. The molecular formula is C19H22N4O2S. The number of amides is 1. The van der Waals surface area contributed by atoms with Gasteiger partial charge in [-0.2, -0.15) is 0 Å². The Hall–Kier alpha value is -2.12. The molecule has 3 aromatic rings. The van der Waals surface area contributed by atoms with E-state index in [4.69, 9.17) is 4.74 Å². The standard InChI is InChI=1S/C19H22N4O2S/c1-12-8-13(2)17-15(9-12)10-14(3)18-20-21-19(23(17)18)26-11-16(24)22-4-6-25-7-5-22/h8-10H,4-7,11H2,1-3H3. The Morgan fingerprint density at radius 3 is 2.65 bits per heavy atom. The van der Waals surface area contributed by atoms with E-state index in [0.29, 0.717) is 32.1 Å². The summed E-state index contributed by atoms with van der Waals surface area (Å²) in [5, 5.41) is 10.7. The number of aromatic nitrogens is 3. The van der Waals surface area contributed by atoms with Gasteiger partial charge in [0.1, 0.15) is 0 Å². The van der Waals surface area contributed by atoms with E-state index in [0.717, 1.165) is 21.9 Å². The fraction of sp³-hybridized carbons (Fsp3) is 0.421. The Morgan fingerprint density at radius 2 is 1.88 bits per heavy atom. The molecule has 0 bridgehead atoms. The molecule has 1 fully saturated rings. The third-order valence-corrected chi connectivity index (χ3v) is 5.66. The minimum atomic E-state index is 0.125. The highest BCUT2D eigenvalue weighted by molar-refractivity contribution is 7.99. The third-order valence-electron chi connectivity index (χ3n) is 4.74. The van der Waals surface area contributed by atoms with Crippen LogP contribution in [0.4, 0.5) is 0 Å². The largest absolute Gasteiger partial charge is 0.378 e. The summed E-state index contributed by atoms with van der Waals surface area (Å²) in [4.78, 5) is 14.3. The van der Waals surface area contributed by atoms with Crippen molar-refractivity contribution in [1.29, 1.82) is 0 Å². The SMILES string of the molecule is Cc1cc(C)c2c(c1)cc(C)c1nnc(SCC(=O)N3CCOCC3)n12. The monoisotopic (exact) mass is 370 g/mol. The number of aryl methyl sites for hydroxylation is 3. The second-order valence-corrected chi connectivity index (χ2v) is 7.71. The van der Waals surface area contributed by atoms with Crippen molar-refractivity contribution in [2.24, 2.45) is 0 Å². The zero-order valence-corrected chi connectivity index (χ0v) is 16.1. The van der Waals surface area contributed by atoms with Crippen LogP contribution in [-0.4, -0.2) is 57.5 Å². The quantitative estimate of drug-likeness (QED) is 0.664. The number of rotatable bonds is 3. The summed E-state index contributed by atoms with van der Waals surface area (Å²) in [6.07, 6.45) is 0. The highest BCUT2D eigenvalue weighted by Gasteiger charge is 2.19. The van der Waals surface area contributed by atoms with Gasteiger partial charge in [0.15, 0.2) is 10.8 Å². The van der Waals surface area contributed by atoms with Gasteiger partial charge in [-0.25, -0.2) is 0 Å². The Labute approximate surface area is 156 Å². The minimum absolute atomic E-state index is 0.125. The Morgan fingerprint density at radius 1 is 1.12 bits per heavy atom. The average Bonchev–Trinajstić information content (AvgIpc) is 3.04. The van der Waals surface area contributed by atoms with Crippen LogP contribution in [0.1, 0.15) is 16.7 Å². The van der Waals surface area contributed by atoms with E-state index in [9.17, 15) is 4.79 Å². The molecule has 0 N–H and O–H groups in total. The number of thioether (sulfide) groups is 1. The Bertz CT molecular complexity index is 992. The van der Waals surface area contributed by atoms with Crippen LogP contribution in [0.3, 0.4) is 0 Å². The maximum atomic E-state index is 12.5. The lowest BCUT2D eigenvalue weighted by atomic mass is 10.1.